The van der Waals surface area contributed by atoms with Gasteiger partial charge in [0, 0.05) is 31.7 Å². The van der Waals surface area contributed by atoms with Crippen molar-refractivity contribution in [3.63, 3.8) is 0 Å². The molecule has 0 unspecified atom stereocenters. The number of aryl methyl sites for hydroxylation is 1. The van der Waals surface area contributed by atoms with E-state index in [0.717, 1.165) is 11.1 Å². The minimum absolute atomic E-state index is 0.0466. The van der Waals surface area contributed by atoms with Gasteiger partial charge < -0.3 is 18.7 Å². The maximum Gasteiger partial charge on any atom is 0.289 e. The molecule has 3 aromatic rings. The second-order valence-corrected chi connectivity index (χ2v) is 6.65. The molecule has 3 heterocycles. The number of piperazine rings is 1. The first-order valence-corrected chi connectivity index (χ1v) is 9.11. The molecule has 0 N–H and O–H groups in total. The monoisotopic (exact) mass is 380 g/mol. The zero-order valence-electron chi connectivity index (χ0n) is 15.5. The first kappa shape index (κ1) is 18.0. The highest BCUT2D eigenvalue weighted by atomic mass is 16.5. The van der Waals surface area contributed by atoms with Gasteiger partial charge in [-0.25, -0.2) is 0 Å². The molecule has 0 saturated carbocycles. The maximum absolute atomic E-state index is 12.6. The van der Waals surface area contributed by atoms with Crippen LogP contribution in [0.1, 0.15) is 22.0 Å². The van der Waals surface area contributed by atoms with Crippen molar-refractivity contribution in [1.29, 1.82) is 0 Å². The zero-order chi connectivity index (χ0) is 19.5. The van der Waals surface area contributed by atoms with Crippen LogP contribution in [0.25, 0.3) is 11.4 Å². The Morgan fingerprint density at radius 3 is 2.50 bits per heavy atom. The summed E-state index contributed by atoms with van der Waals surface area (Å²) in [5.41, 5.74) is 1.92. The van der Waals surface area contributed by atoms with Crippen molar-refractivity contribution in [3.8, 4) is 11.4 Å². The third kappa shape index (κ3) is 3.66. The Kier molecular flexibility index (Phi) is 4.92. The Morgan fingerprint density at radius 2 is 1.79 bits per heavy atom. The predicted molar refractivity (Wildman–Crippen MR) is 99.4 cm³/mol. The number of nitrogens with zero attached hydrogens (tertiary/aromatic N) is 4. The van der Waals surface area contributed by atoms with Crippen molar-refractivity contribution < 1.29 is 18.5 Å². The molecule has 28 heavy (non-hydrogen) atoms. The number of hydrogen-bond donors (Lipinski definition) is 0. The quantitative estimate of drug-likeness (QED) is 0.689. The van der Waals surface area contributed by atoms with Crippen LogP contribution < -0.4 is 0 Å². The molecule has 0 spiro atoms. The molecule has 1 fully saturated rings. The highest BCUT2D eigenvalue weighted by Gasteiger charge is 2.27. The van der Waals surface area contributed by atoms with Crippen LogP contribution in [0.3, 0.4) is 0 Å². The lowest BCUT2D eigenvalue weighted by Gasteiger charge is -2.34. The Bertz CT molecular complexity index is 972. The molecule has 1 saturated heterocycles. The van der Waals surface area contributed by atoms with Crippen molar-refractivity contribution in [2.75, 3.05) is 26.2 Å². The third-order valence-corrected chi connectivity index (χ3v) is 4.81. The number of rotatable bonds is 4. The molecule has 1 aromatic carbocycles. The molecule has 8 heteroatoms. The van der Waals surface area contributed by atoms with Crippen LogP contribution in [0.2, 0.25) is 0 Å². The third-order valence-electron chi connectivity index (χ3n) is 4.81. The summed E-state index contributed by atoms with van der Waals surface area (Å²) in [6.45, 7) is 3.82. The number of amides is 2. The van der Waals surface area contributed by atoms with Crippen LogP contribution in [0, 0.1) is 6.92 Å². The highest BCUT2D eigenvalue weighted by Crippen LogP contribution is 2.20. The molecule has 4 rings (SSSR count). The molecule has 1 aliphatic heterocycles. The molecule has 0 radical (unpaired) electrons. The largest absolute Gasteiger partial charge is 0.459 e. The molecule has 2 aromatic heterocycles. The summed E-state index contributed by atoms with van der Waals surface area (Å²) in [5.74, 6) is 0.837. The number of benzene rings is 1. The number of carbonyl (C=O) groups excluding carboxylic acids is 2. The van der Waals surface area contributed by atoms with E-state index in [-0.39, 0.29) is 24.1 Å². The van der Waals surface area contributed by atoms with Crippen LogP contribution in [-0.2, 0) is 11.2 Å². The summed E-state index contributed by atoms with van der Waals surface area (Å²) in [6, 6.07) is 11.1. The second-order valence-electron chi connectivity index (χ2n) is 6.65. The van der Waals surface area contributed by atoms with Gasteiger partial charge >= 0.3 is 0 Å². The molecule has 0 bridgehead atoms. The number of furan rings is 1. The fourth-order valence-electron chi connectivity index (χ4n) is 3.22. The van der Waals surface area contributed by atoms with Crippen LogP contribution >= 0.6 is 0 Å². The van der Waals surface area contributed by atoms with E-state index in [1.165, 1.54) is 6.26 Å². The van der Waals surface area contributed by atoms with Crippen molar-refractivity contribution in [2.45, 2.75) is 13.3 Å². The van der Waals surface area contributed by atoms with Gasteiger partial charge in [-0.05, 0) is 24.6 Å². The highest BCUT2D eigenvalue weighted by molar-refractivity contribution is 5.91. The molecule has 144 valence electrons. The van der Waals surface area contributed by atoms with Crippen LogP contribution in [0.15, 0.2) is 51.6 Å². The molecule has 1 aliphatic rings. The van der Waals surface area contributed by atoms with Gasteiger partial charge in [0.25, 0.3) is 5.91 Å². The van der Waals surface area contributed by atoms with Gasteiger partial charge in [-0.1, -0.05) is 29.4 Å². The Balaban J connectivity index is 1.34. The summed E-state index contributed by atoms with van der Waals surface area (Å²) in [4.78, 5) is 32.6. The van der Waals surface area contributed by atoms with E-state index in [4.69, 9.17) is 8.94 Å². The number of hydrogen-bond acceptors (Lipinski definition) is 6. The summed E-state index contributed by atoms with van der Waals surface area (Å²) in [5, 5.41) is 3.99. The summed E-state index contributed by atoms with van der Waals surface area (Å²) in [7, 11) is 0. The van der Waals surface area contributed by atoms with E-state index in [0.29, 0.717) is 37.8 Å². The average Bonchev–Trinajstić information content (AvgIpc) is 3.40. The second kappa shape index (κ2) is 7.67. The molecule has 2 amide bonds. The molecule has 0 atom stereocenters. The lowest BCUT2D eigenvalue weighted by Crippen LogP contribution is -2.50. The van der Waals surface area contributed by atoms with Gasteiger partial charge in [-0.3, -0.25) is 9.59 Å². The van der Waals surface area contributed by atoms with Crippen molar-refractivity contribution in [1.82, 2.24) is 19.9 Å². The fraction of sp³-hybridized carbons (Fsp3) is 0.300. The molecule has 0 aliphatic carbocycles. The van der Waals surface area contributed by atoms with E-state index < -0.39 is 0 Å². The topological polar surface area (TPSA) is 92.7 Å². The average molecular weight is 380 g/mol. The summed E-state index contributed by atoms with van der Waals surface area (Å²) >= 11 is 0. The maximum atomic E-state index is 12.6. The fourth-order valence-corrected chi connectivity index (χ4v) is 3.22. The standard InChI is InChI=1S/C20H20N4O4/c1-14-5-2-3-6-15(14)19-21-17(28-22-19)13-18(25)23-8-10-24(11-9-23)20(26)16-7-4-12-27-16/h2-7,12H,8-11,13H2,1H3. The van der Waals surface area contributed by atoms with Crippen molar-refractivity contribution in [3.05, 3.63) is 59.9 Å². The number of aromatic nitrogens is 2. The predicted octanol–water partition coefficient (Wildman–Crippen LogP) is 2.17. The van der Waals surface area contributed by atoms with E-state index in [1.807, 2.05) is 31.2 Å². The van der Waals surface area contributed by atoms with E-state index in [2.05, 4.69) is 10.1 Å². The van der Waals surface area contributed by atoms with Crippen molar-refractivity contribution >= 4 is 11.8 Å². The lowest BCUT2D eigenvalue weighted by molar-refractivity contribution is -0.132. The van der Waals surface area contributed by atoms with Crippen LogP contribution in [0.4, 0.5) is 0 Å². The first-order chi connectivity index (χ1) is 13.6. The number of carbonyl (C=O) groups is 2. The van der Waals surface area contributed by atoms with Gasteiger partial charge in [0.2, 0.25) is 17.6 Å². The first-order valence-electron chi connectivity index (χ1n) is 9.11. The minimum atomic E-state index is -0.156. The van der Waals surface area contributed by atoms with Gasteiger partial charge in [0.15, 0.2) is 5.76 Å². The Hall–Kier alpha value is -3.42. The van der Waals surface area contributed by atoms with Gasteiger partial charge in [0.05, 0.1) is 6.26 Å². The Labute approximate surface area is 161 Å². The smallest absolute Gasteiger partial charge is 0.289 e. The molecular weight excluding hydrogens is 360 g/mol. The Morgan fingerprint density at radius 1 is 1.04 bits per heavy atom. The zero-order valence-corrected chi connectivity index (χ0v) is 15.5. The van der Waals surface area contributed by atoms with Crippen LogP contribution in [-0.4, -0.2) is 57.9 Å². The minimum Gasteiger partial charge on any atom is -0.459 e. The summed E-state index contributed by atoms with van der Waals surface area (Å²) in [6.07, 6.45) is 1.52. The molecular formula is C20H20N4O4. The van der Waals surface area contributed by atoms with E-state index >= 15 is 0 Å². The molecule has 8 nitrogen and oxygen atoms in total. The van der Waals surface area contributed by atoms with E-state index in [9.17, 15) is 9.59 Å². The van der Waals surface area contributed by atoms with Gasteiger partial charge in [0.1, 0.15) is 6.42 Å². The lowest BCUT2D eigenvalue weighted by atomic mass is 10.1. The normalized spacial score (nSPS) is 14.3. The summed E-state index contributed by atoms with van der Waals surface area (Å²) < 4.78 is 10.4. The van der Waals surface area contributed by atoms with Crippen molar-refractivity contribution in [2.24, 2.45) is 0 Å². The SMILES string of the molecule is Cc1ccccc1-c1noc(CC(=O)N2CCN(C(=O)c3ccco3)CC2)n1. The van der Waals surface area contributed by atoms with Gasteiger partial charge in [-0.15, -0.1) is 0 Å². The van der Waals surface area contributed by atoms with Crippen LogP contribution in [0.5, 0.6) is 0 Å². The van der Waals surface area contributed by atoms with E-state index in [1.54, 1.807) is 21.9 Å². The van der Waals surface area contributed by atoms with Gasteiger partial charge in [-0.2, -0.15) is 4.98 Å².